The molecule has 0 saturated carbocycles. The van der Waals surface area contributed by atoms with Crippen molar-refractivity contribution in [1.82, 2.24) is 15.2 Å². The first-order valence-electron chi connectivity index (χ1n) is 3.56. The van der Waals surface area contributed by atoms with Crippen molar-refractivity contribution in [2.24, 2.45) is 0 Å². The topological polar surface area (TPSA) is 73.6 Å². The Labute approximate surface area is 67.8 Å². The number of hydrogen-bond donors (Lipinski definition) is 3. The lowest BCUT2D eigenvalue weighted by atomic mass is 10.3. The van der Waals surface area contributed by atoms with Gasteiger partial charge in [0.05, 0.1) is 5.52 Å². The predicted octanol–water partition coefficient (Wildman–Crippen LogP) is 0.293. The molecule has 2 aromatic rings. The van der Waals surface area contributed by atoms with Crippen LogP contribution in [-0.2, 0) is 0 Å². The van der Waals surface area contributed by atoms with Crippen LogP contribution in [0.25, 0.3) is 10.9 Å². The average molecular weight is 164 g/mol. The van der Waals surface area contributed by atoms with E-state index in [-0.39, 0.29) is 5.56 Å². The lowest BCUT2D eigenvalue weighted by molar-refractivity contribution is 1.11. The Balaban J connectivity index is 2.92. The number of H-pyrrole nitrogens is 2. The van der Waals surface area contributed by atoms with E-state index in [1.807, 2.05) is 0 Å². The van der Waals surface area contributed by atoms with Crippen molar-refractivity contribution in [1.29, 1.82) is 0 Å². The van der Waals surface area contributed by atoms with Gasteiger partial charge in [-0.3, -0.25) is 9.89 Å². The molecule has 0 amide bonds. The third-order valence-electron chi connectivity index (χ3n) is 1.72. The molecule has 12 heavy (non-hydrogen) atoms. The highest BCUT2D eigenvalue weighted by atomic mass is 16.1. The molecule has 0 atom stereocenters. The minimum absolute atomic E-state index is 0.134. The molecule has 3 N–H and O–H groups in total. The van der Waals surface area contributed by atoms with Crippen LogP contribution in [0, 0.1) is 0 Å². The molecule has 2 rings (SSSR count). The molecule has 0 aliphatic heterocycles. The van der Waals surface area contributed by atoms with E-state index in [2.05, 4.69) is 20.5 Å². The third-order valence-corrected chi connectivity index (χ3v) is 1.72. The van der Waals surface area contributed by atoms with E-state index in [4.69, 9.17) is 0 Å². The van der Waals surface area contributed by atoms with Crippen LogP contribution in [0.4, 0.5) is 5.82 Å². The molecule has 0 radical (unpaired) electrons. The van der Waals surface area contributed by atoms with E-state index in [1.165, 1.54) is 0 Å². The van der Waals surface area contributed by atoms with Crippen LogP contribution in [0.2, 0.25) is 0 Å². The average Bonchev–Trinajstić information content (AvgIpc) is 2.49. The van der Waals surface area contributed by atoms with E-state index in [9.17, 15) is 4.79 Å². The summed E-state index contributed by atoms with van der Waals surface area (Å²) in [6.07, 6.45) is 1.59. The van der Waals surface area contributed by atoms with Crippen LogP contribution < -0.4 is 10.9 Å². The zero-order chi connectivity index (χ0) is 8.55. The van der Waals surface area contributed by atoms with Crippen LogP contribution in [0.15, 0.2) is 17.1 Å². The third kappa shape index (κ3) is 0.795. The Kier molecular flexibility index (Phi) is 1.36. The van der Waals surface area contributed by atoms with Gasteiger partial charge in [0.1, 0.15) is 5.39 Å². The fourth-order valence-corrected chi connectivity index (χ4v) is 1.16. The fourth-order valence-electron chi connectivity index (χ4n) is 1.16. The summed E-state index contributed by atoms with van der Waals surface area (Å²) in [4.78, 5) is 13.8. The second-order valence-electron chi connectivity index (χ2n) is 2.42. The molecule has 5 nitrogen and oxygen atoms in total. The Morgan fingerprint density at radius 3 is 3.17 bits per heavy atom. The number of hydrogen-bond acceptors (Lipinski definition) is 3. The first kappa shape index (κ1) is 6.90. The van der Waals surface area contributed by atoms with Crippen molar-refractivity contribution < 1.29 is 0 Å². The smallest absolute Gasteiger partial charge is 0.261 e. The van der Waals surface area contributed by atoms with E-state index >= 15 is 0 Å². The highest BCUT2D eigenvalue weighted by Gasteiger charge is 2.05. The highest BCUT2D eigenvalue weighted by Crippen LogP contribution is 2.13. The second-order valence-corrected chi connectivity index (χ2v) is 2.42. The fraction of sp³-hybridized carbons (Fsp3) is 0.143. The lowest BCUT2D eigenvalue weighted by Crippen LogP contribution is -2.05. The zero-order valence-corrected chi connectivity index (χ0v) is 6.51. The largest absolute Gasteiger partial charge is 0.371 e. The van der Waals surface area contributed by atoms with Crippen LogP contribution in [0.1, 0.15) is 0 Å². The molecular weight excluding hydrogens is 156 g/mol. The first-order chi connectivity index (χ1) is 5.83. The van der Waals surface area contributed by atoms with Gasteiger partial charge in [-0.2, -0.15) is 5.10 Å². The summed E-state index contributed by atoms with van der Waals surface area (Å²) in [6.45, 7) is 0. The van der Waals surface area contributed by atoms with Crippen molar-refractivity contribution in [2.75, 3.05) is 12.4 Å². The summed E-state index contributed by atoms with van der Waals surface area (Å²) in [5.74, 6) is 0.576. The minimum atomic E-state index is -0.134. The van der Waals surface area contributed by atoms with E-state index in [1.54, 1.807) is 19.3 Å². The highest BCUT2D eigenvalue weighted by molar-refractivity contribution is 5.88. The lowest BCUT2D eigenvalue weighted by Gasteiger charge is -1.91. The van der Waals surface area contributed by atoms with Crippen LogP contribution in [0.3, 0.4) is 0 Å². The van der Waals surface area contributed by atoms with Crippen molar-refractivity contribution in [2.45, 2.75) is 0 Å². The number of aromatic amines is 2. The van der Waals surface area contributed by atoms with E-state index in [0.29, 0.717) is 11.2 Å². The van der Waals surface area contributed by atoms with Gasteiger partial charge >= 0.3 is 0 Å². The van der Waals surface area contributed by atoms with Gasteiger partial charge in [0.2, 0.25) is 0 Å². The van der Waals surface area contributed by atoms with Gasteiger partial charge in [-0.05, 0) is 6.07 Å². The minimum Gasteiger partial charge on any atom is -0.371 e. The SMILES string of the molecule is CNc1n[nH]c2cc[nH]c(=O)c12. The Bertz CT molecular complexity index is 456. The number of anilines is 1. The van der Waals surface area contributed by atoms with Gasteiger partial charge in [0.15, 0.2) is 5.82 Å². The molecule has 0 unspecified atom stereocenters. The molecule has 0 bridgehead atoms. The molecular formula is C7H8N4O. The molecule has 0 aromatic carbocycles. The van der Waals surface area contributed by atoms with E-state index in [0.717, 1.165) is 5.52 Å². The van der Waals surface area contributed by atoms with Crippen molar-refractivity contribution in [3.05, 3.63) is 22.6 Å². The maximum Gasteiger partial charge on any atom is 0.261 e. The molecule has 2 heterocycles. The van der Waals surface area contributed by atoms with E-state index < -0.39 is 0 Å². The molecule has 0 fully saturated rings. The van der Waals surface area contributed by atoms with Gasteiger partial charge in [-0.15, -0.1) is 0 Å². The number of fused-ring (bicyclic) bond motifs is 1. The van der Waals surface area contributed by atoms with Gasteiger partial charge in [0.25, 0.3) is 5.56 Å². The molecule has 0 spiro atoms. The molecule has 0 aliphatic carbocycles. The van der Waals surface area contributed by atoms with Gasteiger partial charge in [-0.1, -0.05) is 0 Å². The first-order valence-corrected chi connectivity index (χ1v) is 3.56. The summed E-state index contributed by atoms with van der Waals surface area (Å²) >= 11 is 0. The van der Waals surface area contributed by atoms with Gasteiger partial charge in [0, 0.05) is 13.2 Å². The van der Waals surface area contributed by atoms with Crippen LogP contribution >= 0.6 is 0 Å². The number of pyridine rings is 1. The monoisotopic (exact) mass is 164 g/mol. The Morgan fingerprint density at radius 1 is 1.58 bits per heavy atom. The standard InChI is InChI=1S/C7H8N4O/c1-8-6-5-4(10-11-6)2-3-9-7(5)12/h2-3H,1H3,(H,9,12)(H2,8,10,11). The van der Waals surface area contributed by atoms with Crippen molar-refractivity contribution >= 4 is 16.7 Å². The van der Waals surface area contributed by atoms with Crippen LogP contribution in [-0.4, -0.2) is 22.2 Å². The van der Waals surface area contributed by atoms with Gasteiger partial charge in [-0.25, -0.2) is 0 Å². The molecule has 0 saturated heterocycles. The van der Waals surface area contributed by atoms with Crippen LogP contribution in [0.5, 0.6) is 0 Å². The zero-order valence-electron chi connectivity index (χ0n) is 6.51. The molecule has 0 aliphatic rings. The molecule has 62 valence electrons. The maximum absolute atomic E-state index is 11.3. The predicted molar refractivity (Wildman–Crippen MR) is 46.3 cm³/mol. The number of nitrogens with zero attached hydrogens (tertiary/aromatic N) is 1. The second kappa shape index (κ2) is 2.37. The Hall–Kier alpha value is -1.78. The Morgan fingerprint density at radius 2 is 2.42 bits per heavy atom. The maximum atomic E-state index is 11.3. The van der Waals surface area contributed by atoms with Crippen molar-refractivity contribution in [3.8, 4) is 0 Å². The summed E-state index contributed by atoms with van der Waals surface area (Å²) in [7, 11) is 1.72. The van der Waals surface area contributed by atoms with Gasteiger partial charge < -0.3 is 10.3 Å². The van der Waals surface area contributed by atoms with Crippen molar-refractivity contribution in [3.63, 3.8) is 0 Å². The summed E-state index contributed by atoms with van der Waals surface area (Å²) < 4.78 is 0. The number of aromatic nitrogens is 3. The molecule has 2 aromatic heterocycles. The normalized spacial score (nSPS) is 10.4. The number of nitrogens with one attached hydrogen (secondary N) is 3. The summed E-state index contributed by atoms with van der Waals surface area (Å²) in [5.41, 5.74) is 0.605. The number of rotatable bonds is 1. The quantitative estimate of drug-likeness (QED) is 0.567. The molecule has 5 heteroatoms. The summed E-state index contributed by atoms with van der Waals surface area (Å²) in [5, 5.41) is 10.1. The summed E-state index contributed by atoms with van der Waals surface area (Å²) in [6, 6.07) is 1.77.